The second-order valence-electron chi connectivity index (χ2n) is 2.04. The molecule has 1 rings (SSSR count). The Bertz CT molecular complexity index is 180. The molecule has 50 valence electrons. The van der Waals surface area contributed by atoms with Gasteiger partial charge in [0.2, 0.25) is 0 Å². The van der Waals surface area contributed by atoms with Crippen molar-refractivity contribution in [2.75, 3.05) is 7.05 Å². The minimum absolute atomic E-state index is 0.813. The zero-order valence-electron chi connectivity index (χ0n) is 5.73. The summed E-state index contributed by atoms with van der Waals surface area (Å²) in [6.07, 6.45) is 1.83. The number of hydrogen-bond acceptors (Lipinski definition) is 2. The molecule has 0 fully saturated rings. The van der Waals surface area contributed by atoms with E-state index in [-0.39, 0.29) is 0 Å². The lowest BCUT2D eigenvalue weighted by Gasteiger charge is -1.90. The first-order valence-electron chi connectivity index (χ1n) is 2.98. The van der Waals surface area contributed by atoms with Gasteiger partial charge in [0.25, 0.3) is 0 Å². The highest BCUT2D eigenvalue weighted by molar-refractivity contribution is 4.97. The van der Waals surface area contributed by atoms with Gasteiger partial charge in [-0.1, -0.05) is 0 Å². The molecule has 3 nitrogen and oxygen atoms in total. The molecule has 0 aromatic carbocycles. The summed E-state index contributed by atoms with van der Waals surface area (Å²) in [5.41, 5.74) is 1.11. The Morgan fingerprint density at radius 3 is 3.00 bits per heavy atom. The van der Waals surface area contributed by atoms with Crippen LogP contribution < -0.4 is 5.32 Å². The van der Waals surface area contributed by atoms with Crippen LogP contribution in [0.15, 0.2) is 6.20 Å². The summed E-state index contributed by atoms with van der Waals surface area (Å²) in [6, 6.07) is 0. The zero-order chi connectivity index (χ0) is 6.69. The predicted octanol–water partition coefficient (Wildman–Crippen LogP) is 0.438. The number of aromatic nitrogens is 2. The van der Waals surface area contributed by atoms with Crippen LogP contribution >= 0.6 is 0 Å². The van der Waals surface area contributed by atoms with Gasteiger partial charge in [-0.2, -0.15) is 0 Å². The smallest absolute Gasteiger partial charge is 0.120 e. The molecule has 1 aromatic rings. The van der Waals surface area contributed by atoms with Gasteiger partial charge >= 0.3 is 0 Å². The average molecular weight is 125 g/mol. The minimum atomic E-state index is 0.813. The molecular formula is C6H11N3. The maximum absolute atomic E-state index is 4.09. The molecule has 1 aromatic heterocycles. The molecule has 0 spiro atoms. The van der Waals surface area contributed by atoms with Crippen molar-refractivity contribution in [3.05, 3.63) is 17.7 Å². The molecule has 0 unspecified atom stereocenters. The van der Waals surface area contributed by atoms with E-state index in [1.54, 1.807) is 0 Å². The second-order valence-corrected chi connectivity index (χ2v) is 2.04. The molecule has 0 aliphatic heterocycles. The number of nitrogens with zero attached hydrogens (tertiary/aromatic N) is 1. The van der Waals surface area contributed by atoms with Gasteiger partial charge in [-0.15, -0.1) is 0 Å². The molecule has 3 heteroatoms. The minimum Gasteiger partial charge on any atom is -0.345 e. The molecule has 0 aliphatic carbocycles. The molecule has 9 heavy (non-hydrogen) atoms. The van der Waals surface area contributed by atoms with Crippen molar-refractivity contribution in [1.82, 2.24) is 15.3 Å². The fraction of sp³-hybridized carbons (Fsp3) is 0.500. The number of nitrogens with one attached hydrogen (secondary N) is 2. The van der Waals surface area contributed by atoms with Gasteiger partial charge in [0.1, 0.15) is 5.82 Å². The Morgan fingerprint density at radius 1 is 1.78 bits per heavy atom. The Morgan fingerprint density at radius 2 is 2.56 bits per heavy atom. The van der Waals surface area contributed by atoms with Crippen LogP contribution in [0.4, 0.5) is 0 Å². The molecule has 0 bridgehead atoms. The summed E-state index contributed by atoms with van der Waals surface area (Å²) in [5.74, 6) is 0.995. The van der Waals surface area contributed by atoms with E-state index in [0.29, 0.717) is 0 Å². The topological polar surface area (TPSA) is 40.7 Å². The Labute approximate surface area is 54.5 Å². The lowest BCUT2D eigenvalue weighted by atomic mass is 10.6. The summed E-state index contributed by atoms with van der Waals surface area (Å²) >= 11 is 0. The quantitative estimate of drug-likeness (QED) is 0.602. The van der Waals surface area contributed by atoms with E-state index in [9.17, 15) is 0 Å². The first-order valence-corrected chi connectivity index (χ1v) is 2.98. The molecule has 0 amide bonds. The summed E-state index contributed by atoms with van der Waals surface area (Å²) in [7, 11) is 1.90. The maximum Gasteiger partial charge on any atom is 0.120 e. The third kappa shape index (κ3) is 1.54. The molecule has 0 atom stereocenters. The van der Waals surface area contributed by atoms with Gasteiger partial charge in [-0.25, -0.2) is 4.98 Å². The van der Waals surface area contributed by atoms with Crippen molar-refractivity contribution in [3.8, 4) is 0 Å². The Balaban J connectivity index is 2.61. The van der Waals surface area contributed by atoms with Crippen molar-refractivity contribution in [1.29, 1.82) is 0 Å². The van der Waals surface area contributed by atoms with Crippen LogP contribution in [0.25, 0.3) is 0 Å². The van der Waals surface area contributed by atoms with Crippen LogP contribution in [-0.4, -0.2) is 17.0 Å². The van der Waals surface area contributed by atoms with Gasteiger partial charge in [0.05, 0.1) is 6.54 Å². The van der Waals surface area contributed by atoms with E-state index in [1.807, 2.05) is 20.2 Å². The van der Waals surface area contributed by atoms with Crippen LogP contribution in [0, 0.1) is 6.92 Å². The van der Waals surface area contributed by atoms with Crippen LogP contribution in [0.2, 0.25) is 0 Å². The fourth-order valence-corrected chi connectivity index (χ4v) is 0.724. The monoisotopic (exact) mass is 125 g/mol. The Hall–Kier alpha value is -0.830. The van der Waals surface area contributed by atoms with Gasteiger partial charge < -0.3 is 10.3 Å². The van der Waals surface area contributed by atoms with E-state index >= 15 is 0 Å². The SMILES string of the molecule is CNCc1ncc(C)[nH]1. The highest BCUT2D eigenvalue weighted by Crippen LogP contribution is 1.92. The largest absolute Gasteiger partial charge is 0.345 e. The van der Waals surface area contributed by atoms with Crippen LogP contribution in [0.5, 0.6) is 0 Å². The van der Waals surface area contributed by atoms with E-state index in [2.05, 4.69) is 15.3 Å². The first kappa shape index (κ1) is 6.29. The van der Waals surface area contributed by atoms with Crippen molar-refractivity contribution < 1.29 is 0 Å². The third-order valence-corrected chi connectivity index (χ3v) is 1.10. The normalized spacial score (nSPS) is 10.0. The third-order valence-electron chi connectivity index (χ3n) is 1.10. The van der Waals surface area contributed by atoms with Gasteiger partial charge in [0, 0.05) is 11.9 Å². The lowest BCUT2D eigenvalue weighted by molar-refractivity contribution is 0.770. The van der Waals surface area contributed by atoms with Crippen LogP contribution in [-0.2, 0) is 6.54 Å². The number of imidazole rings is 1. The molecule has 0 aliphatic rings. The average Bonchev–Trinajstić information content (AvgIpc) is 2.17. The number of aryl methyl sites for hydroxylation is 1. The zero-order valence-corrected chi connectivity index (χ0v) is 5.73. The Kier molecular flexibility index (Phi) is 1.85. The van der Waals surface area contributed by atoms with E-state index in [1.165, 1.54) is 0 Å². The maximum atomic E-state index is 4.09. The summed E-state index contributed by atoms with van der Waals surface area (Å²) in [5, 5.41) is 3.00. The van der Waals surface area contributed by atoms with Crippen molar-refractivity contribution in [2.24, 2.45) is 0 Å². The fourth-order valence-electron chi connectivity index (χ4n) is 0.724. The number of hydrogen-bond donors (Lipinski definition) is 2. The lowest BCUT2D eigenvalue weighted by Crippen LogP contribution is -2.06. The number of H-pyrrole nitrogens is 1. The highest BCUT2D eigenvalue weighted by Gasteiger charge is 1.91. The number of aromatic amines is 1. The molecule has 1 heterocycles. The molecule has 0 saturated heterocycles. The predicted molar refractivity (Wildman–Crippen MR) is 36.1 cm³/mol. The number of rotatable bonds is 2. The van der Waals surface area contributed by atoms with E-state index in [0.717, 1.165) is 18.1 Å². The van der Waals surface area contributed by atoms with Crippen molar-refractivity contribution >= 4 is 0 Å². The van der Waals surface area contributed by atoms with E-state index in [4.69, 9.17) is 0 Å². The molecular weight excluding hydrogens is 114 g/mol. The van der Waals surface area contributed by atoms with Gasteiger partial charge in [-0.05, 0) is 14.0 Å². The van der Waals surface area contributed by atoms with E-state index < -0.39 is 0 Å². The second kappa shape index (κ2) is 2.64. The molecule has 2 N–H and O–H groups in total. The molecule has 0 radical (unpaired) electrons. The van der Waals surface area contributed by atoms with Crippen LogP contribution in [0.3, 0.4) is 0 Å². The summed E-state index contributed by atoms with van der Waals surface area (Å²) in [6.45, 7) is 2.81. The van der Waals surface area contributed by atoms with Gasteiger partial charge in [-0.3, -0.25) is 0 Å². The summed E-state index contributed by atoms with van der Waals surface area (Å²) in [4.78, 5) is 7.19. The van der Waals surface area contributed by atoms with Crippen LogP contribution in [0.1, 0.15) is 11.5 Å². The summed E-state index contributed by atoms with van der Waals surface area (Å²) < 4.78 is 0. The van der Waals surface area contributed by atoms with Crippen molar-refractivity contribution in [3.63, 3.8) is 0 Å². The standard InChI is InChI=1S/C6H11N3/c1-5-3-8-6(9-5)4-7-2/h3,7H,4H2,1-2H3,(H,8,9). The highest BCUT2D eigenvalue weighted by atomic mass is 15.0. The first-order chi connectivity index (χ1) is 4.33. The van der Waals surface area contributed by atoms with Crippen molar-refractivity contribution in [2.45, 2.75) is 13.5 Å². The molecule has 0 saturated carbocycles. The van der Waals surface area contributed by atoms with Gasteiger partial charge in [0.15, 0.2) is 0 Å².